The van der Waals surface area contributed by atoms with Gasteiger partial charge >= 0.3 is 0 Å². The molecule has 1 aliphatic rings. The number of aromatic hydroxyl groups is 3. The van der Waals surface area contributed by atoms with Crippen molar-refractivity contribution in [2.75, 3.05) is 0 Å². The van der Waals surface area contributed by atoms with Crippen molar-refractivity contribution in [3.05, 3.63) is 64.7 Å². The molecule has 22 heavy (non-hydrogen) atoms. The first-order chi connectivity index (χ1) is 10.6. The minimum absolute atomic E-state index is 0.0591. The summed E-state index contributed by atoms with van der Waals surface area (Å²) in [5.41, 5.74) is 1.63. The number of hydrogen-bond acceptors (Lipinski definition) is 4. The molecule has 0 unspecified atom stereocenters. The molecule has 4 nitrogen and oxygen atoms in total. The molecule has 108 valence electrons. The van der Waals surface area contributed by atoms with Gasteiger partial charge in [0.1, 0.15) is 17.2 Å². The van der Waals surface area contributed by atoms with Crippen molar-refractivity contribution in [2.45, 2.75) is 6.42 Å². The van der Waals surface area contributed by atoms with Crippen molar-refractivity contribution in [3.8, 4) is 17.2 Å². The Balaban J connectivity index is 2.05. The number of hydrogen-bond donors (Lipinski definition) is 3. The van der Waals surface area contributed by atoms with E-state index in [9.17, 15) is 20.1 Å². The highest BCUT2D eigenvalue weighted by Crippen LogP contribution is 2.41. The number of benzene rings is 3. The molecular weight excluding hydrogens is 280 g/mol. The molecule has 0 atom stereocenters. The van der Waals surface area contributed by atoms with E-state index in [1.807, 2.05) is 18.2 Å². The van der Waals surface area contributed by atoms with Crippen LogP contribution >= 0.6 is 0 Å². The number of carbonyl (C=O) groups is 1. The normalized spacial score (nSPS) is 13.0. The molecule has 3 aromatic rings. The summed E-state index contributed by atoms with van der Waals surface area (Å²) in [6.45, 7) is 0. The summed E-state index contributed by atoms with van der Waals surface area (Å²) < 4.78 is 0. The fourth-order valence-corrected chi connectivity index (χ4v) is 3.18. The summed E-state index contributed by atoms with van der Waals surface area (Å²) in [5, 5.41) is 31.5. The van der Waals surface area contributed by atoms with Crippen LogP contribution in [-0.4, -0.2) is 21.1 Å². The van der Waals surface area contributed by atoms with Crippen LogP contribution in [0.1, 0.15) is 27.0 Å². The molecule has 4 rings (SSSR count). The van der Waals surface area contributed by atoms with Gasteiger partial charge in [0.25, 0.3) is 0 Å². The fourth-order valence-electron chi connectivity index (χ4n) is 3.18. The third-order valence-electron chi connectivity index (χ3n) is 4.12. The Morgan fingerprint density at radius 2 is 1.59 bits per heavy atom. The Labute approximate surface area is 125 Å². The average Bonchev–Trinajstić information content (AvgIpc) is 2.46. The SMILES string of the molecule is O=C1c2c(O)cc(O)cc2Cc2cc3ccccc3c(O)c21. The first-order valence-corrected chi connectivity index (χ1v) is 6.89. The highest BCUT2D eigenvalue weighted by atomic mass is 16.3. The molecule has 0 saturated carbocycles. The van der Waals surface area contributed by atoms with Crippen LogP contribution in [0.15, 0.2) is 42.5 Å². The smallest absolute Gasteiger partial charge is 0.201 e. The second kappa shape index (κ2) is 4.24. The van der Waals surface area contributed by atoms with Crippen molar-refractivity contribution in [1.29, 1.82) is 0 Å². The van der Waals surface area contributed by atoms with Crippen molar-refractivity contribution in [2.24, 2.45) is 0 Å². The lowest BCUT2D eigenvalue weighted by Gasteiger charge is -2.21. The topological polar surface area (TPSA) is 77.8 Å². The van der Waals surface area contributed by atoms with Crippen LogP contribution in [0.25, 0.3) is 10.8 Å². The third kappa shape index (κ3) is 1.61. The number of phenolic OH excluding ortho intramolecular Hbond substituents is 3. The molecule has 0 bridgehead atoms. The molecule has 0 aromatic heterocycles. The zero-order valence-electron chi connectivity index (χ0n) is 11.5. The van der Waals surface area contributed by atoms with Gasteiger partial charge in [-0.05, 0) is 35.1 Å². The predicted molar refractivity (Wildman–Crippen MR) is 81.6 cm³/mol. The van der Waals surface area contributed by atoms with E-state index in [2.05, 4.69) is 0 Å². The number of ketones is 1. The van der Waals surface area contributed by atoms with Gasteiger partial charge < -0.3 is 15.3 Å². The van der Waals surface area contributed by atoms with Gasteiger partial charge in [-0.1, -0.05) is 24.3 Å². The molecule has 3 aromatic carbocycles. The maximum Gasteiger partial charge on any atom is 0.201 e. The van der Waals surface area contributed by atoms with Gasteiger partial charge in [0, 0.05) is 11.5 Å². The van der Waals surface area contributed by atoms with E-state index in [0.717, 1.165) is 11.5 Å². The van der Waals surface area contributed by atoms with E-state index < -0.39 is 5.78 Å². The summed E-state index contributed by atoms with van der Waals surface area (Å²) in [5.74, 6) is -0.830. The van der Waals surface area contributed by atoms with E-state index in [-0.39, 0.29) is 28.4 Å². The van der Waals surface area contributed by atoms with Crippen molar-refractivity contribution in [1.82, 2.24) is 0 Å². The maximum atomic E-state index is 12.7. The Kier molecular flexibility index (Phi) is 2.45. The number of phenols is 3. The average molecular weight is 292 g/mol. The van der Waals surface area contributed by atoms with Crippen LogP contribution in [0.5, 0.6) is 17.2 Å². The lowest BCUT2D eigenvalue weighted by Crippen LogP contribution is -2.15. The zero-order valence-corrected chi connectivity index (χ0v) is 11.5. The molecule has 0 radical (unpaired) electrons. The van der Waals surface area contributed by atoms with Gasteiger partial charge in [-0.3, -0.25) is 4.79 Å². The Morgan fingerprint density at radius 1 is 0.864 bits per heavy atom. The lowest BCUT2D eigenvalue weighted by molar-refractivity contribution is 0.103. The zero-order chi connectivity index (χ0) is 15.4. The minimum Gasteiger partial charge on any atom is -0.508 e. The maximum absolute atomic E-state index is 12.7. The van der Waals surface area contributed by atoms with Crippen LogP contribution in [0.4, 0.5) is 0 Å². The van der Waals surface area contributed by atoms with E-state index in [1.165, 1.54) is 6.07 Å². The summed E-state index contributed by atoms with van der Waals surface area (Å²) in [4.78, 5) is 12.7. The molecule has 0 aliphatic heterocycles. The van der Waals surface area contributed by atoms with Gasteiger partial charge in [0.05, 0.1) is 11.1 Å². The standard InChI is InChI=1S/C18H12O4/c19-12-7-11-6-10-5-9-3-1-2-4-13(9)17(21)16(10)18(22)15(11)14(20)8-12/h1-5,7-8,19-21H,6H2. The van der Waals surface area contributed by atoms with Crippen LogP contribution in [0.2, 0.25) is 0 Å². The largest absolute Gasteiger partial charge is 0.508 e. The van der Waals surface area contributed by atoms with Crippen LogP contribution in [0, 0.1) is 0 Å². The fraction of sp³-hybridized carbons (Fsp3) is 0.0556. The summed E-state index contributed by atoms with van der Waals surface area (Å²) in [6.07, 6.45) is 0.372. The highest BCUT2D eigenvalue weighted by molar-refractivity contribution is 6.18. The van der Waals surface area contributed by atoms with Crippen molar-refractivity contribution < 1.29 is 20.1 Å². The molecular formula is C18H12O4. The first kappa shape index (κ1) is 12.7. The lowest BCUT2D eigenvalue weighted by atomic mass is 9.82. The first-order valence-electron chi connectivity index (χ1n) is 6.89. The molecule has 0 saturated heterocycles. The summed E-state index contributed by atoms with van der Waals surface area (Å²) in [6, 6.07) is 11.8. The van der Waals surface area contributed by atoms with E-state index in [1.54, 1.807) is 12.1 Å². The van der Waals surface area contributed by atoms with Gasteiger partial charge in [0.15, 0.2) is 0 Å². The quantitative estimate of drug-likeness (QED) is 0.465. The second-order valence-corrected chi connectivity index (χ2v) is 5.49. The predicted octanol–water partition coefficient (Wildman–Crippen LogP) is 3.09. The van der Waals surface area contributed by atoms with Crippen LogP contribution < -0.4 is 0 Å². The molecule has 0 spiro atoms. The van der Waals surface area contributed by atoms with Gasteiger partial charge in [-0.2, -0.15) is 0 Å². The Hall–Kier alpha value is -3.01. The van der Waals surface area contributed by atoms with E-state index in [4.69, 9.17) is 0 Å². The second-order valence-electron chi connectivity index (χ2n) is 5.49. The van der Waals surface area contributed by atoms with Gasteiger partial charge in [-0.15, -0.1) is 0 Å². The van der Waals surface area contributed by atoms with Gasteiger partial charge in [-0.25, -0.2) is 0 Å². The van der Waals surface area contributed by atoms with Gasteiger partial charge in [0.2, 0.25) is 5.78 Å². The van der Waals surface area contributed by atoms with Crippen LogP contribution in [0.3, 0.4) is 0 Å². The molecule has 0 heterocycles. The molecule has 4 heteroatoms. The Morgan fingerprint density at radius 3 is 2.41 bits per heavy atom. The van der Waals surface area contributed by atoms with E-state index in [0.29, 0.717) is 22.9 Å². The van der Waals surface area contributed by atoms with Crippen molar-refractivity contribution in [3.63, 3.8) is 0 Å². The monoisotopic (exact) mass is 292 g/mol. The molecule has 1 aliphatic carbocycles. The number of rotatable bonds is 0. The molecule has 0 fully saturated rings. The number of carbonyl (C=O) groups excluding carboxylic acids is 1. The third-order valence-corrected chi connectivity index (χ3v) is 4.12. The number of fused-ring (bicyclic) bond motifs is 3. The van der Waals surface area contributed by atoms with Crippen molar-refractivity contribution >= 4 is 16.6 Å². The molecule has 3 N–H and O–H groups in total. The Bertz CT molecular complexity index is 957. The van der Waals surface area contributed by atoms with E-state index >= 15 is 0 Å². The van der Waals surface area contributed by atoms with Crippen LogP contribution in [-0.2, 0) is 6.42 Å². The molecule has 0 amide bonds. The minimum atomic E-state index is -0.419. The summed E-state index contributed by atoms with van der Waals surface area (Å²) >= 11 is 0. The summed E-state index contributed by atoms with van der Waals surface area (Å²) in [7, 11) is 0. The highest BCUT2D eigenvalue weighted by Gasteiger charge is 2.30.